The lowest BCUT2D eigenvalue weighted by atomic mass is 9.72. The third kappa shape index (κ3) is 7.12. The number of rotatable bonds is 13. The molecule has 6 rings (SSSR count). The van der Waals surface area contributed by atoms with E-state index in [0.717, 1.165) is 30.0 Å². The number of nitrogens with one attached hydrogen (secondary N) is 1. The number of hydrogen-bond acceptors (Lipinski definition) is 5. The number of carboxylic acid groups (broad SMARTS) is 1. The monoisotopic (exact) mass is 693 g/mol. The highest BCUT2D eigenvalue weighted by Gasteiger charge is 2.57. The fraction of sp³-hybridized carbons (Fsp3) is 0.378. The van der Waals surface area contributed by atoms with Gasteiger partial charge in [-0.3, -0.25) is 14.4 Å². The van der Waals surface area contributed by atoms with Gasteiger partial charge in [-0.1, -0.05) is 65.9 Å². The Labute approximate surface area is 287 Å². The minimum Gasteiger partial charge on any atom is -0.488 e. The molecule has 0 aromatic heterocycles. The number of aryl methyl sites for hydroxylation is 1. The van der Waals surface area contributed by atoms with E-state index in [1.165, 1.54) is 0 Å². The van der Waals surface area contributed by atoms with Crippen LogP contribution in [0.1, 0.15) is 55.2 Å². The van der Waals surface area contributed by atoms with Crippen molar-refractivity contribution in [1.82, 2.24) is 15.1 Å². The first kappa shape index (κ1) is 34.3. The first-order chi connectivity index (χ1) is 23.6. The highest BCUT2D eigenvalue weighted by atomic mass is 35.5. The van der Waals surface area contributed by atoms with Crippen LogP contribution in [-0.2, 0) is 32.9 Å². The van der Waals surface area contributed by atoms with E-state index in [0.29, 0.717) is 36.0 Å². The first-order valence-electron chi connectivity index (χ1n) is 16.3. The average Bonchev–Trinajstić information content (AvgIpc) is 3.93. The molecule has 2 fully saturated rings. The molecule has 2 heterocycles. The number of aliphatic carboxylic acids is 1. The SMILES string of the molecule is O=C(O)CCC(=O)N1[C@H]2C#CC[C@@]1(c1ccc(CCCOc3c(F)ccc(F)c3F)cc1)C(C(=O)N(Cc1ccccc1Cl)C1CC1)NC2. The van der Waals surface area contributed by atoms with Gasteiger partial charge in [0.05, 0.1) is 13.0 Å². The molecule has 1 saturated heterocycles. The van der Waals surface area contributed by atoms with Crippen molar-refractivity contribution in [2.24, 2.45) is 0 Å². The Balaban J connectivity index is 1.28. The lowest BCUT2D eigenvalue weighted by Gasteiger charge is -2.55. The number of benzene rings is 3. The van der Waals surface area contributed by atoms with Crippen molar-refractivity contribution >= 4 is 29.4 Å². The van der Waals surface area contributed by atoms with Crippen molar-refractivity contribution in [3.63, 3.8) is 0 Å². The lowest BCUT2D eigenvalue weighted by molar-refractivity contribution is -0.155. The number of halogens is 4. The number of amides is 2. The number of piperazine rings is 1. The lowest BCUT2D eigenvalue weighted by Crippen LogP contribution is -2.74. The molecular formula is C37H35ClF3N3O5. The number of carbonyl (C=O) groups is 3. The molecule has 3 aliphatic rings. The van der Waals surface area contributed by atoms with E-state index in [-0.39, 0.29) is 44.4 Å². The maximum absolute atomic E-state index is 14.7. The maximum atomic E-state index is 14.7. The third-order valence-electron chi connectivity index (χ3n) is 9.31. The largest absolute Gasteiger partial charge is 0.488 e. The molecule has 1 unspecified atom stereocenters. The summed E-state index contributed by atoms with van der Waals surface area (Å²) < 4.78 is 46.7. The molecule has 3 aromatic carbocycles. The van der Waals surface area contributed by atoms with Crippen LogP contribution >= 0.6 is 11.6 Å². The van der Waals surface area contributed by atoms with Gasteiger partial charge >= 0.3 is 5.97 Å². The molecule has 2 N–H and O–H groups in total. The van der Waals surface area contributed by atoms with Gasteiger partial charge in [-0.25, -0.2) is 8.78 Å². The zero-order chi connectivity index (χ0) is 34.7. The van der Waals surface area contributed by atoms with Crippen molar-refractivity contribution in [1.29, 1.82) is 0 Å². The van der Waals surface area contributed by atoms with E-state index in [2.05, 4.69) is 17.2 Å². The molecule has 256 valence electrons. The molecule has 0 radical (unpaired) electrons. The molecule has 2 bridgehead atoms. The summed E-state index contributed by atoms with van der Waals surface area (Å²) in [6, 6.07) is 14.8. The van der Waals surface area contributed by atoms with Crippen LogP contribution in [-0.4, -0.2) is 64.0 Å². The van der Waals surface area contributed by atoms with Crippen LogP contribution in [0.5, 0.6) is 5.75 Å². The highest BCUT2D eigenvalue weighted by molar-refractivity contribution is 6.31. The second kappa shape index (κ2) is 14.5. The molecule has 3 aromatic rings. The van der Waals surface area contributed by atoms with Gasteiger partial charge in [0.25, 0.3) is 0 Å². The number of ether oxygens (including phenoxy) is 1. The molecule has 1 saturated carbocycles. The topological polar surface area (TPSA) is 99.2 Å². The number of nitrogens with zero attached hydrogens (tertiary/aromatic N) is 2. The molecule has 3 atom stereocenters. The zero-order valence-corrected chi connectivity index (χ0v) is 27.3. The van der Waals surface area contributed by atoms with Crippen molar-refractivity contribution < 1.29 is 37.4 Å². The number of hydrogen-bond donors (Lipinski definition) is 2. The van der Waals surface area contributed by atoms with Gasteiger partial charge in [0, 0.05) is 37.0 Å². The summed E-state index contributed by atoms with van der Waals surface area (Å²) in [6.07, 6.45) is 2.06. The smallest absolute Gasteiger partial charge is 0.303 e. The molecule has 2 aliphatic heterocycles. The Morgan fingerprint density at radius 2 is 1.76 bits per heavy atom. The van der Waals surface area contributed by atoms with Crippen molar-refractivity contribution in [3.8, 4) is 17.6 Å². The minimum absolute atomic E-state index is 0.0186. The van der Waals surface area contributed by atoms with E-state index in [9.17, 15) is 32.7 Å². The van der Waals surface area contributed by atoms with E-state index >= 15 is 0 Å². The van der Waals surface area contributed by atoms with Gasteiger partial charge in [0.15, 0.2) is 17.4 Å². The summed E-state index contributed by atoms with van der Waals surface area (Å²) in [5.74, 6) is 0.288. The van der Waals surface area contributed by atoms with Gasteiger partial charge in [-0.15, -0.1) is 0 Å². The van der Waals surface area contributed by atoms with Crippen LogP contribution in [0.3, 0.4) is 0 Å². The van der Waals surface area contributed by atoms with E-state index in [1.807, 2.05) is 47.4 Å². The molecule has 1 aliphatic carbocycles. The highest BCUT2D eigenvalue weighted by Crippen LogP contribution is 2.44. The predicted molar refractivity (Wildman–Crippen MR) is 175 cm³/mol. The normalized spacial score (nSPS) is 21.0. The Bertz CT molecular complexity index is 1810. The third-order valence-corrected chi connectivity index (χ3v) is 9.68. The number of carbonyl (C=O) groups excluding carboxylic acids is 2. The van der Waals surface area contributed by atoms with E-state index in [4.69, 9.17) is 16.3 Å². The summed E-state index contributed by atoms with van der Waals surface area (Å²) in [5.41, 5.74) is 1.10. The average molecular weight is 694 g/mol. The Hall–Kier alpha value is -4.53. The second-order valence-electron chi connectivity index (χ2n) is 12.5. The Morgan fingerprint density at radius 1 is 1.02 bits per heavy atom. The van der Waals surface area contributed by atoms with Gasteiger partial charge in [-0.05, 0) is 60.6 Å². The zero-order valence-electron chi connectivity index (χ0n) is 26.6. The molecule has 0 spiro atoms. The summed E-state index contributed by atoms with van der Waals surface area (Å²) >= 11 is 6.50. The van der Waals surface area contributed by atoms with Crippen LogP contribution < -0.4 is 10.1 Å². The van der Waals surface area contributed by atoms with Crippen LogP contribution in [0, 0.1) is 29.3 Å². The van der Waals surface area contributed by atoms with Crippen LogP contribution in [0.2, 0.25) is 5.02 Å². The van der Waals surface area contributed by atoms with Crippen LogP contribution in [0.25, 0.3) is 0 Å². The van der Waals surface area contributed by atoms with Crippen LogP contribution in [0.4, 0.5) is 13.2 Å². The summed E-state index contributed by atoms with van der Waals surface area (Å²) in [5, 5.41) is 13.3. The second-order valence-corrected chi connectivity index (χ2v) is 13.0. The Morgan fingerprint density at radius 3 is 2.47 bits per heavy atom. The van der Waals surface area contributed by atoms with Crippen molar-refractivity contribution in [2.45, 2.75) is 75.2 Å². The number of carboxylic acids is 1. The van der Waals surface area contributed by atoms with E-state index in [1.54, 1.807) is 11.0 Å². The number of fused-ring (bicyclic) bond motifs is 2. The summed E-state index contributed by atoms with van der Waals surface area (Å²) in [4.78, 5) is 43.5. The predicted octanol–water partition coefficient (Wildman–Crippen LogP) is 5.60. The van der Waals surface area contributed by atoms with Gasteiger partial charge in [0.2, 0.25) is 17.6 Å². The Kier molecular flexibility index (Phi) is 10.2. The first-order valence-corrected chi connectivity index (χ1v) is 16.6. The molecular weight excluding hydrogens is 659 g/mol. The fourth-order valence-electron chi connectivity index (χ4n) is 6.74. The molecule has 2 amide bonds. The minimum atomic E-state index is -1.38. The maximum Gasteiger partial charge on any atom is 0.303 e. The van der Waals surface area contributed by atoms with Crippen molar-refractivity contribution in [3.05, 3.63) is 99.8 Å². The standard InChI is InChI=1S/C37H35ClF3N3O5/c38-28-8-2-1-6-24(28)22-43(26-13-14-26)36(48)35-37(19-3-7-27(21-42-35)44(37)31(45)17-18-32(46)47)25-11-9-23(10-12-25)5-4-20-49-34-30(40)16-15-29(39)33(34)41/h1-2,6,8-12,15-16,26-27,35,42H,4-5,13-14,17-22H2,(H,46,47)/t27-,35?,37+/m0/s1. The molecule has 49 heavy (non-hydrogen) atoms. The van der Waals surface area contributed by atoms with Crippen LogP contribution in [0.15, 0.2) is 60.7 Å². The van der Waals surface area contributed by atoms with Gasteiger partial charge < -0.3 is 25.0 Å². The van der Waals surface area contributed by atoms with Gasteiger partial charge in [0.1, 0.15) is 17.6 Å². The molecule has 12 heteroatoms. The summed E-state index contributed by atoms with van der Waals surface area (Å²) in [7, 11) is 0. The van der Waals surface area contributed by atoms with E-state index < -0.39 is 52.7 Å². The quantitative estimate of drug-likeness (QED) is 0.138. The molecule has 8 nitrogen and oxygen atoms in total. The van der Waals surface area contributed by atoms with Crippen molar-refractivity contribution in [2.75, 3.05) is 13.2 Å². The fourth-order valence-corrected chi connectivity index (χ4v) is 6.94. The summed E-state index contributed by atoms with van der Waals surface area (Å²) in [6.45, 7) is 0.470. The van der Waals surface area contributed by atoms with Gasteiger partial charge in [-0.2, -0.15) is 4.39 Å².